The quantitative estimate of drug-likeness (QED) is 0.364. The molecule has 34 heavy (non-hydrogen) atoms. The molecule has 5 rings (SSSR count). The van der Waals surface area contributed by atoms with E-state index in [1.165, 1.54) is 18.1 Å². The van der Waals surface area contributed by atoms with E-state index in [1.54, 1.807) is 28.9 Å². The Bertz CT molecular complexity index is 1340. The van der Waals surface area contributed by atoms with Crippen LogP contribution in [0.1, 0.15) is 70.8 Å². The summed E-state index contributed by atoms with van der Waals surface area (Å²) in [6, 6.07) is 12.8. The lowest BCUT2D eigenvalue weighted by atomic mass is 9.84. The second-order valence-corrected chi connectivity index (χ2v) is 9.13. The number of aromatic carboxylic acids is 1. The Labute approximate surface area is 200 Å². The van der Waals surface area contributed by atoms with Gasteiger partial charge in [0, 0.05) is 17.9 Å². The van der Waals surface area contributed by atoms with Gasteiger partial charge in [-0.05, 0) is 42.2 Å². The topological polar surface area (TPSA) is 107 Å². The average molecular weight is 477 g/mol. The maximum Gasteiger partial charge on any atom is 0.336 e. The van der Waals surface area contributed by atoms with Crippen LogP contribution in [0, 0.1) is 0 Å². The molecular formula is C25H24N4O4S. The lowest BCUT2D eigenvalue weighted by molar-refractivity contribution is -0.121. The van der Waals surface area contributed by atoms with E-state index in [-0.39, 0.29) is 18.0 Å². The molecule has 8 nitrogen and oxygen atoms in total. The zero-order valence-electron chi connectivity index (χ0n) is 18.5. The van der Waals surface area contributed by atoms with Crippen molar-refractivity contribution in [3.05, 3.63) is 70.4 Å². The molecule has 2 heterocycles. The van der Waals surface area contributed by atoms with Crippen LogP contribution in [0.3, 0.4) is 0 Å². The highest BCUT2D eigenvalue weighted by Crippen LogP contribution is 2.38. The molecule has 0 radical (unpaired) electrons. The predicted molar refractivity (Wildman–Crippen MR) is 127 cm³/mol. The minimum absolute atomic E-state index is 0.195. The van der Waals surface area contributed by atoms with Crippen LogP contribution in [0.25, 0.3) is 11.0 Å². The minimum atomic E-state index is -1.00. The summed E-state index contributed by atoms with van der Waals surface area (Å²) < 4.78 is 15.8. The van der Waals surface area contributed by atoms with Crippen molar-refractivity contribution >= 4 is 35.2 Å². The fraction of sp³-hybridized carbons (Fsp3) is 0.320. The van der Waals surface area contributed by atoms with E-state index in [4.69, 9.17) is 9.84 Å². The van der Waals surface area contributed by atoms with E-state index >= 15 is 0 Å². The van der Waals surface area contributed by atoms with Crippen molar-refractivity contribution in [1.29, 1.82) is 0 Å². The first-order valence-electron chi connectivity index (χ1n) is 11.4. The Morgan fingerprint density at radius 2 is 1.91 bits per heavy atom. The zero-order valence-corrected chi connectivity index (χ0v) is 19.3. The molecule has 0 bridgehead atoms. The van der Waals surface area contributed by atoms with Crippen molar-refractivity contribution in [2.75, 3.05) is 0 Å². The van der Waals surface area contributed by atoms with Gasteiger partial charge in [0.15, 0.2) is 0 Å². The number of ether oxygens (including phenoxy) is 1. The molecule has 1 saturated carbocycles. The Morgan fingerprint density at radius 1 is 1.12 bits per heavy atom. The molecule has 9 heteroatoms. The molecule has 0 saturated heterocycles. The van der Waals surface area contributed by atoms with Gasteiger partial charge in [-0.1, -0.05) is 43.5 Å². The van der Waals surface area contributed by atoms with Gasteiger partial charge in [-0.15, -0.1) is 0 Å². The monoisotopic (exact) mass is 476 g/mol. The standard InChI is InChI=1S/C25H24N4O4S/c30-15-33-24-20(12-16-10-11-21-22(13-16)28-34-27-21)23(17-6-2-1-3-7-17)26-29(24)14-18-8-4-5-9-19(18)25(31)32/h4-5,8-11,13,15,17H,1-3,6-7,12,14H2,(H,31,32). The first-order valence-corrected chi connectivity index (χ1v) is 12.1. The third-order valence-corrected chi connectivity index (χ3v) is 7.01. The van der Waals surface area contributed by atoms with Crippen molar-refractivity contribution in [3.8, 4) is 5.88 Å². The van der Waals surface area contributed by atoms with E-state index in [2.05, 4.69) is 8.75 Å². The molecule has 0 unspecified atom stereocenters. The van der Waals surface area contributed by atoms with Crippen molar-refractivity contribution < 1.29 is 19.4 Å². The van der Waals surface area contributed by atoms with Gasteiger partial charge in [-0.2, -0.15) is 13.8 Å². The fourth-order valence-electron chi connectivity index (χ4n) is 4.83. The van der Waals surface area contributed by atoms with Crippen molar-refractivity contribution in [3.63, 3.8) is 0 Å². The van der Waals surface area contributed by atoms with Crippen LogP contribution >= 0.6 is 11.7 Å². The van der Waals surface area contributed by atoms with Gasteiger partial charge in [0.25, 0.3) is 6.47 Å². The van der Waals surface area contributed by atoms with Gasteiger partial charge in [0.1, 0.15) is 11.0 Å². The number of carboxylic acids is 1. The average Bonchev–Trinajstić information content (AvgIpc) is 3.45. The molecule has 1 fully saturated rings. The fourth-order valence-corrected chi connectivity index (χ4v) is 5.34. The molecule has 0 spiro atoms. The van der Waals surface area contributed by atoms with Crippen LogP contribution in [0.2, 0.25) is 0 Å². The molecule has 2 aromatic carbocycles. The van der Waals surface area contributed by atoms with Crippen molar-refractivity contribution in [2.24, 2.45) is 0 Å². The SMILES string of the molecule is O=COc1c(Cc2ccc3nsnc3c2)c(C2CCCCC2)nn1Cc1ccccc1C(=O)O. The summed E-state index contributed by atoms with van der Waals surface area (Å²) in [6.07, 6.45) is 6.08. The van der Waals surface area contributed by atoms with E-state index < -0.39 is 5.97 Å². The Morgan fingerprint density at radius 3 is 2.71 bits per heavy atom. The summed E-state index contributed by atoms with van der Waals surface area (Å²) in [6.45, 7) is 0.610. The van der Waals surface area contributed by atoms with Crippen molar-refractivity contribution in [2.45, 2.75) is 51.0 Å². The number of hydrogen-bond donors (Lipinski definition) is 1. The maximum atomic E-state index is 11.7. The van der Waals surface area contributed by atoms with Gasteiger partial charge in [0.05, 0.1) is 29.5 Å². The van der Waals surface area contributed by atoms with E-state index in [9.17, 15) is 14.7 Å². The molecule has 2 aromatic heterocycles. The highest BCUT2D eigenvalue weighted by Gasteiger charge is 2.28. The highest BCUT2D eigenvalue weighted by molar-refractivity contribution is 7.00. The van der Waals surface area contributed by atoms with Crippen LogP contribution in [0.4, 0.5) is 0 Å². The normalized spacial score (nSPS) is 14.4. The molecule has 0 aliphatic heterocycles. The Balaban J connectivity index is 1.59. The molecule has 0 atom stereocenters. The van der Waals surface area contributed by atoms with Crippen LogP contribution in [0.15, 0.2) is 42.5 Å². The summed E-state index contributed by atoms with van der Waals surface area (Å²) in [5, 5.41) is 14.5. The van der Waals surface area contributed by atoms with Crippen LogP contribution in [-0.4, -0.2) is 36.1 Å². The number of rotatable bonds is 8. The first-order chi connectivity index (χ1) is 16.6. The smallest absolute Gasteiger partial charge is 0.336 e. The number of benzene rings is 2. The van der Waals surface area contributed by atoms with Gasteiger partial charge >= 0.3 is 5.97 Å². The van der Waals surface area contributed by atoms with E-state index in [1.807, 2.05) is 18.2 Å². The summed E-state index contributed by atoms with van der Waals surface area (Å²) in [5.74, 6) is -0.357. The van der Waals surface area contributed by atoms with Gasteiger partial charge in [0.2, 0.25) is 5.88 Å². The molecule has 1 aliphatic rings. The number of aromatic nitrogens is 4. The summed E-state index contributed by atoms with van der Waals surface area (Å²) in [7, 11) is 0. The van der Waals surface area contributed by atoms with Crippen molar-refractivity contribution in [1.82, 2.24) is 18.5 Å². The lowest BCUT2D eigenvalue weighted by Gasteiger charge is -2.21. The second-order valence-electron chi connectivity index (χ2n) is 8.60. The number of carbonyl (C=O) groups is 2. The molecule has 0 amide bonds. The second kappa shape index (κ2) is 9.72. The third-order valence-electron chi connectivity index (χ3n) is 6.45. The molecule has 1 aliphatic carbocycles. The lowest BCUT2D eigenvalue weighted by Crippen LogP contribution is -2.11. The van der Waals surface area contributed by atoms with Crippen LogP contribution < -0.4 is 4.74 Å². The maximum absolute atomic E-state index is 11.7. The summed E-state index contributed by atoms with van der Waals surface area (Å²) in [4.78, 5) is 23.3. The number of fused-ring (bicyclic) bond motifs is 1. The number of carbonyl (C=O) groups excluding carboxylic acids is 1. The number of carboxylic acid groups (broad SMARTS) is 1. The van der Waals surface area contributed by atoms with Crippen LogP contribution in [-0.2, 0) is 17.8 Å². The predicted octanol–water partition coefficient (Wildman–Crippen LogP) is 4.81. The molecule has 1 N–H and O–H groups in total. The minimum Gasteiger partial charge on any atom is -0.478 e. The van der Waals surface area contributed by atoms with Gasteiger partial charge in [-0.25, -0.2) is 9.48 Å². The zero-order chi connectivity index (χ0) is 23.5. The number of nitrogens with zero attached hydrogens (tertiary/aromatic N) is 4. The van der Waals surface area contributed by atoms with Crippen LogP contribution in [0.5, 0.6) is 5.88 Å². The highest BCUT2D eigenvalue weighted by atomic mass is 32.1. The molecular weight excluding hydrogens is 452 g/mol. The molecule has 174 valence electrons. The van der Waals surface area contributed by atoms with E-state index in [0.29, 0.717) is 24.3 Å². The first kappa shape index (κ1) is 22.2. The number of hydrogen-bond acceptors (Lipinski definition) is 7. The Hall–Kier alpha value is -3.59. The third kappa shape index (κ3) is 4.43. The summed E-state index contributed by atoms with van der Waals surface area (Å²) >= 11 is 1.18. The van der Waals surface area contributed by atoms with Gasteiger partial charge in [-0.3, -0.25) is 4.79 Å². The van der Waals surface area contributed by atoms with E-state index in [0.717, 1.165) is 53.5 Å². The largest absolute Gasteiger partial charge is 0.478 e. The summed E-state index contributed by atoms with van der Waals surface area (Å²) in [5.41, 5.74) is 5.32. The molecule has 4 aromatic rings. The van der Waals surface area contributed by atoms with Gasteiger partial charge < -0.3 is 9.84 Å². The Kier molecular flexibility index (Phi) is 6.35.